The average molecular weight is 559 g/mol. The van der Waals surface area contributed by atoms with Crippen LogP contribution >= 0.6 is 11.3 Å². The first-order chi connectivity index (χ1) is 19.0. The predicted molar refractivity (Wildman–Crippen MR) is 159 cm³/mol. The number of anilines is 1. The summed E-state index contributed by atoms with van der Waals surface area (Å²) < 4.78 is 16.5. The fourth-order valence-corrected chi connectivity index (χ4v) is 5.28. The van der Waals surface area contributed by atoms with Gasteiger partial charge in [-0.2, -0.15) is 5.26 Å². The van der Waals surface area contributed by atoms with Crippen LogP contribution in [0.3, 0.4) is 0 Å². The Labute approximate surface area is 239 Å². The van der Waals surface area contributed by atoms with Gasteiger partial charge in [0.15, 0.2) is 11.5 Å². The van der Waals surface area contributed by atoms with Gasteiger partial charge < -0.3 is 24.4 Å². The Bertz CT molecular complexity index is 1570. The number of fused-ring (bicyclic) bond motifs is 1. The molecule has 0 fully saturated rings. The molecule has 9 heteroatoms. The van der Waals surface area contributed by atoms with Gasteiger partial charge in [-0.05, 0) is 68.0 Å². The van der Waals surface area contributed by atoms with Crippen molar-refractivity contribution in [2.24, 2.45) is 0 Å². The molecule has 0 aliphatic rings. The van der Waals surface area contributed by atoms with E-state index in [-0.39, 0.29) is 12.1 Å². The maximum Gasteiger partial charge on any atom is 0.410 e. The standard InChI is InChI=1S/C31H34N4O4S/c1-19(34-29-25-14-27(38-7)26(37-6)13-24(25)22(15-32)16-33-29)28-12-21(18-40-28)23-11-9-8-10-20(23)17-35(5)30(36)39-31(2,3)4/h8-14,16,18-19H,17H2,1-7H3,(H,33,34)/t19-/m1/s1. The van der Waals surface area contributed by atoms with Crippen LogP contribution < -0.4 is 14.8 Å². The maximum atomic E-state index is 12.5. The van der Waals surface area contributed by atoms with Crippen molar-refractivity contribution in [3.05, 3.63) is 70.0 Å². The van der Waals surface area contributed by atoms with Crippen LogP contribution in [0.15, 0.2) is 54.0 Å². The molecule has 4 rings (SSSR count). The summed E-state index contributed by atoms with van der Waals surface area (Å²) in [6.45, 7) is 8.08. The van der Waals surface area contributed by atoms with Crippen molar-refractivity contribution in [2.75, 3.05) is 26.6 Å². The highest BCUT2D eigenvalue weighted by molar-refractivity contribution is 7.10. The van der Waals surface area contributed by atoms with Crippen LogP contribution in [0.1, 0.15) is 49.7 Å². The molecule has 0 bridgehead atoms. The molecule has 0 spiro atoms. The van der Waals surface area contributed by atoms with Gasteiger partial charge in [-0.15, -0.1) is 11.3 Å². The minimum atomic E-state index is -0.553. The lowest BCUT2D eigenvalue weighted by atomic mass is 10.0. The number of rotatable bonds is 8. The van der Waals surface area contributed by atoms with E-state index >= 15 is 0 Å². The van der Waals surface area contributed by atoms with Crippen molar-refractivity contribution in [1.82, 2.24) is 9.88 Å². The van der Waals surface area contributed by atoms with Gasteiger partial charge in [0.1, 0.15) is 17.5 Å². The Morgan fingerprint density at radius 3 is 2.45 bits per heavy atom. The van der Waals surface area contributed by atoms with Gasteiger partial charge in [0.2, 0.25) is 0 Å². The number of methoxy groups -OCH3 is 2. The monoisotopic (exact) mass is 558 g/mol. The van der Waals surface area contributed by atoms with E-state index in [1.54, 1.807) is 49.8 Å². The van der Waals surface area contributed by atoms with Crippen molar-refractivity contribution in [2.45, 2.75) is 45.9 Å². The quantitative estimate of drug-likeness (QED) is 0.241. The molecule has 208 valence electrons. The second-order valence-corrected chi connectivity index (χ2v) is 11.4. The number of pyridine rings is 1. The third-order valence-electron chi connectivity index (χ3n) is 6.35. The number of thiophene rings is 1. The second kappa shape index (κ2) is 11.8. The highest BCUT2D eigenvalue weighted by Gasteiger charge is 2.21. The summed E-state index contributed by atoms with van der Waals surface area (Å²) in [5.41, 5.74) is 3.07. The number of benzene rings is 2. The zero-order valence-corrected chi connectivity index (χ0v) is 24.7. The number of amides is 1. The maximum absolute atomic E-state index is 12.5. The topological polar surface area (TPSA) is 96.7 Å². The molecule has 1 amide bonds. The summed E-state index contributed by atoms with van der Waals surface area (Å²) in [6.07, 6.45) is 1.21. The first kappa shape index (κ1) is 28.7. The molecule has 40 heavy (non-hydrogen) atoms. The molecule has 0 aliphatic heterocycles. The summed E-state index contributed by atoms with van der Waals surface area (Å²) in [5.74, 6) is 1.77. The molecule has 0 aliphatic carbocycles. The number of nitrogens with zero attached hydrogens (tertiary/aromatic N) is 3. The van der Waals surface area contributed by atoms with Gasteiger partial charge in [-0.1, -0.05) is 24.3 Å². The minimum Gasteiger partial charge on any atom is -0.493 e. The Kier molecular flexibility index (Phi) is 8.50. The minimum absolute atomic E-state index is 0.0629. The van der Waals surface area contributed by atoms with Crippen LogP contribution in [0.4, 0.5) is 10.6 Å². The molecule has 2 aromatic carbocycles. The van der Waals surface area contributed by atoms with Crippen LogP contribution in [0.2, 0.25) is 0 Å². The molecule has 0 unspecified atom stereocenters. The predicted octanol–water partition coefficient (Wildman–Crippen LogP) is 7.39. The van der Waals surface area contributed by atoms with E-state index < -0.39 is 5.60 Å². The van der Waals surface area contributed by atoms with Crippen LogP contribution in [0.25, 0.3) is 21.9 Å². The molecule has 2 aromatic heterocycles. The molecule has 4 aromatic rings. The van der Waals surface area contributed by atoms with Crippen molar-refractivity contribution in [3.8, 4) is 28.7 Å². The molecule has 0 radical (unpaired) electrons. The van der Waals surface area contributed by atoms with E-state index in [4.69, 9.17) is 14.2 Å². The van der Waals surface area contributed by atoms with Crippen molar-refractivity contribution >= 4 is 34.0 Å². The average Bonchev–Trinajstić information content (AvgIpc) is 3.42. The van der Waals surface area contributed by atoms with Crippen molar-refractivity contribution in [1.29, 1.82) is 5.26 Å². The first-order valence-corrected chi connectivity index (χ1v) is 13.7. The van der Waals surface area contributed by atoms with E-state index in [9.17, 15) is 10.1 Å². The number of carbonyl (C=O) groups is 1. The number of nitriles is 1. The fraction of sp³-hybridized carbons (Fsp3) is 0.323. The molecule has 1 N–H and O–H groups in total. The number of aromatic nitrogens is 1. The van der Waals surface area contributed by atoms with Crippen LogP contribution in [-0.4, -0.2) is 42.8 Å². The SMILES string of the molecule is COc1cc2c(C#N)cnc(N[C@H](C)c3cc(-c4ccccc4CN(C)C(=O)OC(C)(C)C)cs3)c2cc1OC. The molecule has 1 atom stereocenters. The van der Waals surface area contributed by atoms with E-state index in [2.05, 4.69) is 40.8 Å². The van der Waals surface area contributed by atoms with E-state index in [1.807, 2.05) is 45.0 Å². The van der Waals surface area contributed by atoms with Gasteiger partial charge in [0, 0.05) is 35.4 Å². The van der Waals surface area contributed by atoms with Gasteiger partial charge in [-0.25, -0.2) is 9.78 Å². The number of carbonyl (C=O) groups excluding carboxylic acids is 1. The third kappa shape index (κ3) is 6.29. The lowest BCUT2D eigenvalue weighted by molar-refractivity contribution is 0.0285. The number of ether oxygens (including phenoxy) is 3. The van der Waals surface area contributed by atoms with Crippen LogP contribution in [-0.2, 0) is 11.3 Å². The van der Waals surface area contributed by atoms with E-state index in [1.165, 1.54) is 0 Å². The van der Waals surface area contributed by atoms with Gasteiger partial charge in [0.25, 0.3) is 0 Å². The summed E-state index contributed by atoms with van der Waals surface area (Å²) in [5, 5.41) is 16.8. The Morgan fingerprint density at radius 1 is 1.12 bits per heavy atom. The number of hydrogen-bond acceptors (Lipinski definition) is 8. The molecule has 8 nitrogen and oxygen atoms in total. The zero-order valence-electron chi connectivity index (χ0n) is 23.9. The van der Waals surface area contributed by atoms with Crippen molar-refractivity contribution < 1.29 is 19.0 Å². The van der Waals surface area contributed by atoms with Gasteiger partial charge in [0.05, 0.1) is 25.8 Å². The number of nitrogens with one attached hydrogen (secondary N) is 1. The zero-order chi connectivity index (χ0) is 29.0. The Morgan fingerprint density at radius 2 is 1.80 bits per heavy atom. The molecule has 0 saturated carbocycles. The normalized spacial score (nSPS) is 11.9. The first-order valence-electron chi connectivity index (χ1n) is 12.9. The van der Waals surface area contributed by atoms with Crippen LogP contribution in [0, 0.1) is 11.3 Å². The summed E-state index contributed by atoms with van der Waals surface area (Å²) in [7, 11) is 4.90. The van der Waals surface area contributed by atoms with E-state index in [0.717, 1.165) is 32.3 Å². The molecular weight excluding hydrogens is 524 g/mol. The largest absolute Gasteiger partial charge is 0.493 e. The molecular formula is C31H34N4O4S. The molecule has 0 saturated heterocycles. The highest BCUT2D eigenvalue weighted by atomic mass is 32.1. The van der Waals surface area contributed by atoms with Gasteiger partial charge in [-0.3, -0.25) is 0 Å². The summed E-state index contributed by atoms with van der Waals surface area (Å²) in [6, 6.07) is 16.0. The lowest BCUT2D eigenvalue weighted by Gasteiger charge is -2.25. The number of hydrogen-bond donors (Lipinski definition) is 1. The molecule has 2 heterocycles. The van der Waals surface area contributed by atoms with E-state index in [0.29, 0.717) is 29.4 Å². The van der Waals surface area contributed by atoms with Gasteiger partial charge >= 0.3 is 6.09 Å². The third-order valence-corrected chi connectivity index (χ3v) is 7.47. The fourth-order valence-electron chi connectivity index (χ4n) is 4.37. The van der Waals surface area contributed by atoms with Crippen molar-refractivity contribution in [3.63, 3.8) is 0 Å². The second-order valence-electron chi connectivity index (χ2n) is 10.5. The van der Waals surface area contributed by atoms with Crippen LogP contribution in [0.5, 0.6) is 11.5 Å². The Hall–Kier alpha value is -4.29. The smallest absolute Gasteiger partial charge is 0.410 e. The highest BCUT2D eigenvalue weighted by Crippen LogP contribution is 2.38. The summed E-state index contributed by atoms with van der Waals surface area (Å²) >= 11 is 1.65. The Balaban J connectivity index is 1.59. The summed E-state index contributed by atoms with van der Waals surface area (Å²) in [4.78, 5) is 19.8. The lowest BCUT2D eigenvalue weighted by Crippen LogP contribution is -2.33.